The van der Waals surface area contributed by atoms with E-state index in [4.69, 9.17) is 0 Å². The zero-order chi connectivity index (χ0) is 11.6. The van der Waals surface area contributed by atoms with E-state index in [0.29, 0.717) is 5.56 Å². The molecule has 0 fully saturated rings. The molecule has 0 amide bonds. The van der Waals surface area contributed by atoms with Crippen LogP contribution < -0.4 is 0 Å². The molecule has 15 heavy (non-hydrogen) atoms. The molecule has 0 bridgehead atoms. The van der Waals surface area contributed by atoms with Gasteiger partial charge in [0.05, 0.1) is 7.11 Å². The van der Waals surface area contributed by atoms with Crippen LogP contribution in [-0.4, -0.2) is 13.1 Å². The lowest BCUT2D eigenvalue weighted by Gasteiger charge is -2.16. The molecule has 1 rings (SSSR count). The topological polar surface area (TPSA) is 26.3 Å². The van der Waals surface area contributed by atoms with Crippen molar-refractivity contribution in [1.82, 2.24) is 0 Å². The summed E-state index contributed by atoms with van der Waals surface area (Å²) in [5.41, 5.74) is 0.947. The fraction of sp³-hybridized carbons (Fsp3) is 0.364. The van der Waals surface area contributed by atoms with Crippen LogP contribution in [0.15, 0.2) is 18.2 Å². The number of carbonyl (C=O) groups excluding carboxylic acids is 1. The molecule has 0 heterocycles. The van der Waals surface area contributed by atoms with E-state index < -0.39 is 11.9 Å². The zero-order valence-electron chi connectivity index (χ0n) is 8.80. The van der Waals surface area contributed by atoms with Crippen molar-refractivity contribution in [2.45, 2.75) is 19.8 Å². The first-order chi connectivity index (χ1) is 6.89. The zero-order valence-corrected chi connectivity index (χ0v) is 8.80. The Balaban J connectivity index is 3.21. The van der Waals surface area contributed by atoms with Crippen molar-refractivity contribution in [1.29, 1.82) is 0 Å². The number of carbonyl (C=O) groups is 1. The van der Waals surface area contributed by atoms with Crippen LogP contribution in [0.2, 0.25) is 0 Å². The third kappa shape index (κ3) is 2.14. The van der Waals surface area contributed by atoms with Gasteiger partial charge in [-0.05, 0) is 19.4 Å². The fourth-order valence-corrected chi connectivity index (χ4v) is 1.40. The molecule has 1 aromatic rings. The van der Waals surface area contributed by atoms with Crippen LogP contribution in [0.1, 0.15) is 16.7 Å². The minimum Gasteiger partial charge on any atom is -0.464 e. The number of aryl methyl sites for hydroxylation is 2. The van der Waals surface area contributed by atoms with Crippen LogP contribution in [0.25, 0.3) is 0 Å². The second kappa shape index (κ2) is 3.96. The van der Waals surface area contributed by atoms with Gasteiger partial charge in [-0.2, -0.15) is 8.78 Å². The van der Waals surface area contributed by atoms with E-state index in [1.165, 1.54) is 6.07 Å². The van der Waals surface area contributed by atoms with E-state index in [1.54, 1.807) is 26.0 Å². The third-order valence-corrected chi connectivity index (χ3v) is 2.16. The van der Waals surface area contributed by atoms with E-state index in [-0.39, 0.29) is 5.56 Å². The maximum atomic E-state index is 13.5. The molecular formula is C11H12F2O2. The van der Waals surface area contributed by atoms with Crippen molar-refractivity contribution >= 4 is 5.97 Å². The molecule has 0 aliphatic carbocycles. The average Bonchev–Trinajstić information content (AvgIpc) is 2.15. The van der Waals surface area contributed by atoms with Crippen molar-refractivity contribution in [2.24, 2.45) is 0 Å². The standard InChI is InChI=1S/C11H12F2O2/c1-7-4-5-9(8(2)6-7)11(12,13)10(14)15-3/h4-6H,1-3H3. The second-order valence-corrected chi connectivity index (χ2v) is 3.38. The summed E-state index contributed by atoms with van der Waals surface area (Å²) in [6.07, 6.45) is 0. The Hall–Kier alpha value is -1.45. The molecule has 0 aromatic heterocycles. The highest BCUT2D eigenvalue weighted by molar-refractivity contribution is 5.79. The summed E-state index contributed by atoms with van der Waals surface area (Å²) < 4.78 is 31.0. The van der Waals surface area contributed by atoms with Gasteiger partial charge < -0.3 is 4.74 Å². The first-order valence-corrected chi connectivity index (χ1v) is 4.43. The van der Waals surface area contributed by atoms with Gasteiger partial charge in [0.15, 0.2) is 0 Å². The van der Waals surface area contributed by atoms with Crippen LogP contribution in [0.4, 0.5) is 8.78 Å². The third-order valence-electron chi connectivity index (χ3n) is 2.16. The number of hydrogen-bond donors (Lipinski definition) is 0. The Morgan fingerprint density at radius 3 is 2.40 bits per heavy atom. The Kier molecular flexibility index (Phi) is 3.07. The molecule has 2 nitrogen and oxygen atoms in total. The highest BCUT2D eigenvalue weighted by Crippen LogP contribution is 2.31. The highest BCUT2D eigenvalue weighted by atomic mass is 19.3. The molecule has 0 aliphatic rings. The maximum Gasteiger partial charge on any atom is 0.381 e. The van der Waals surface area contributed by atoms with Gasteiger partial charge in [-0.15, -0.1) is 0 Å². The van der Waals surface area contributed by atoms with Crippen LogP contribution in [-0.2, 0) is 15.5 Å². The van der Waals surface area contributed by atoms with Gasteiger partial charge in [-0.1, -0.05) is 23.8 Å². The summed E-state index contributed by atoms with van der Waals surface area (Å²) in [5.74, 6) is -5.11. The van der Waals surface area contributed by atoms with E-state index in [9.17, 15) is 13.6 Å². The monoisotopic (exact) mass is 214 g/mol. The largest absolute Gasteiger partial charge is 0.464 e. The predicted octanol–water partition coefficient (Wildman–Crippen LogP) is 2.57. The van der Waals surface area contributed by atoms with E-state index in [0.717, 1.165) is 12.7 Å². The van der Waals surface area contributed by atoms with Crippen molar-refractivity contribution < 1.29 is 18.3 Å². The van der Waals surface area contributed by atoms with Gasteiger partial charge in [-0.3, -0.25) is 0 Å². The molecule has 0 unspecified atom stereocenters. The lowest BCUT2D eigenvalue weighted by molar-refractivity contribution is -0.170. The summed E-state index contributed by atoms with van der Waals surface area (Å²) in [5, 5.41) is 0. The summed E-state index contributed by atoms with van der Waals surface area (Å²) in [6, 6.07) is 4.40. The Bertz CT molecular complexity index is 386. The number of alkyl halides is 2. The summed E-state index contributed by atoms with van der Waals surface area (Å²) in [4.78, 5) is 10.9. The fourth-order valence-electron chi connectivity index (χ4n) is 1.40. The SMILES string of the molecule is COC(=O)C(F)(F)c1ccc(C)cc1C. The minimum absolute atomic E-state index is 0.306. The van der Waals surface area contributed by atoms with Crippen LogP contribution >= 0.6 is 0 Å². The van der Waals surface area contributed by atoms with Gasteiger partial charge in [-0.25, -0.2) is 4.79 Å². The molecule has 0 aliphatic heterocycles. The van der Waals surface area contributed by atoms with Gasteiger partial charge in [0.25, 0.3) is 0 Å². The minimum atomic E-state index is -3.58. The van der Waals surface area contributed by atoms with Crippen molar-refractivity contribution in [3.63, 3.8) is 0 Å². The van der Waals surface area contributed by atoms with E-state index >= 15 is 0 Å². The van der Waals surface area contributed by atoms with Crippen molar-refractivity contribution in [3.8, 4) is 0 Å². The van der Waals surface area contributed by atoms with E-state index in [2.05, 4.69) is 4.74 Å². The molecule has 0 N–H and O–H groups in total. The Morgan fingerprint density at radius 1 is 1.33 bits per heavy atom. The summed E-state index contributed by atoms with van der Waals surface area (Å²) >= 11 is 0. The molecule has 4 heteroatoms. The normalized spacial score (nSPS) is 11.3. The van der Waals surface area contributed by atoms with Gasteiger partial charge >= 0.3 is 11.9 Å². The van der Waals surface area contributed by atoms with Crippen LogP contribution in [0.5, 0.6) is 0 Å². The molecule has 0 radical (unpaired) electrons. The lowest BCUT2D eigenvalue weighted by atomic mass is 10.0. The molecule has 0 saturated heterocycles. The molecule has 0 spiro atoms. The number of esters is 1. The number of hydrogen-bond acceptors (Lipinski definition) is 2. The van der Waals surface area contributed by atoms with Gasteiger partial charge in [0.1, 0.15) is 0 Å². The quantitative estimate of drug-likeness (QED) is 0.707. The Labute approximate surface area is 86.9 Å². The number of methoxy groups -OCH3 is 1. The number of ether oxygens (including phenoxy) is 1. The van der Waals surface area contributed by atoms with Crippen LogP contribution in [0.3, 0.4) is 0 Å². The van der Waals surface area contributed by atoms with Crippen LogP contribution in [0, 0.1) is 13.8 Å². The maximum absolute atomic E-state index is 13.5. The second-order valence-electron chi connectivity index (χ2n) is 3.38. The lowest BCUT2D eigenvalue weighted by Crippen LogP contribution is -2.28. The Morgan fingerprint density at radius 2 is 1.93 bits per heavy atom. The van der Waals surface area contributed by atoms with Crippen molar-refractivity contribution in [2.75, 3.05) is 7.11 Å². The highest BCUT2D eigenvalue weighted by Gasteiger charge is 2.43. The summed E-state index contributed by atoms with van der Waals surface area (Å²) in [7, 11) is 0.944. The first-order valence-electron chi connectivity index (χ1n) is 4.43. The average molecular weight is 214 g/mol. The number of benzene rings is 1. The molecular weight excluding hydrogens is 202 g/mol. The molecule has 0 atom stereocenters. The number of halogens is 2. The number of rotatable bonds is 2. The van der Waals surface area contributed by atoms with Crippen molar-refractivity contribution in [3.05, 3.63) is 34.9 Å². The molecule has 0 saturated carbocycles. The van der Waals surface area contributed by atoms with Gasteiger partial charge in [0.2, 0.25) is 0 Å². The smallest absolute Gasteiger partial charge is 0.381 e. The molecule has 82 valence electrons. The van der Waals surface area contributed by atoms with Gasteiger partial charge in [0, 0.05) is 5.56 Å². The predicted molar refractivity (Wildman–Crippen MR) is 51.8 cm³/mol. The van der Waals surface area contributed by atoms with E-state index in [1.807, 2.05) is 0 Å². The first kappa shape index (κ1) is 11.6. The summed E-state index contributed by atoms with van der Waals surface area (Å²) in [6.45, 7) is 3.34. The molecule has 1 aromatic carbocycles.